The van der Waals surface area contributed by atoms with Gasteiger partial charge in [-0.3, -0.25) is 4.79 Å². The Labute approximate surface area is 227 Å². The van der Waals surface area contributed by atoms with E-state index in [1.807, 2.05) is 6.92 Å². The van der Waals surface area contributed by atoms with E-state index < -0.39 is 23.5 Å². The number of alkyl halides is 2. The van der Waals surface area contributed by atoms with Crippen molar-refractivity contribution < 1.29 is 18.3 Å². The first-order valence-electron chi connectivity index (χ1n) is 12.9. The van der Waals surface area contributed by atoms with Gasteiger partial charge in [0.05, 0.1) is 34.5 Å². The number of nitriles is 1. The number of aromatic nitrogens is 5. The van der Waals surface area contributed by atoms with Crippen LogP contribution in [0.25, 0.3) is 16.9 Å². The standard InChI is InChI=1S/C28H24F2N8O2/c1-27(13-31)11-28(32,12-27)25-33-9-14(10-34-25)17-6-7-38-23(35-17)21-16-8-18(22(21)36-38)37(2)24(39)15-4-3-5-19(20(15)16)40-26(29)30/h3-7,9-10,16,18,26H,8,11-12,32H2,1-2H3. The van der Waals surface area contributed by atoms with Crippen LogP contribution in [0.3, 0.4) is 0 Å². The van der Waals surface area contributed by atoms with Crippen LogP contribution in [-0.2, 0) is 5.54 Å². The Balaban J connectivity index is 1.31. The molecule has 2 N–H and O–H groups in total. The van der Waals surface area contributed by atoms with Crippen LogP contribution >= 0.6 is 0 Å². The van der Waals surface area contributed by atoms with Crippen molar-refractivity contribution in [1.82, 2.24) is 29.5 Å². The van der Waals surface area contributed by atoms with Crippen LogP contribution in [0.15, 0.2) is 42.9 Å². The molecule has 2 atom stereocenters. The molecular formula is C28H24F2N8O2. The molecule has 3 aromatic heterocycles. The lowest BCUT2D eigenvalue weighted by Gasteiger charge is -2.47. The van der Waals surface area contributed by atoms with Crippen LogP contribution in [-0.4, -0.2) is 49.0 Å². The van der Waals surface area contributed by atoms with Gasteiger partial charge < -0.3 is 15.4 Å². The molecule has 1 fully saturated rings. The lowest BCUT2D eigenvalue weighted by atomic mass is 9.59. The van der Waals surface area contributed by atoms with Gasteiger partial charge >= 0.3 is 6.61 Å². The Bertz CT molecular complexity index is 1740. The number of ether oxygens (including phenoxy) is 1. The van der Waals surface area contributed by atoms with Crippen molar-refractivity contribution in [2.24, 2.45) is 11.1 Å². The SMILES string of the molecule is CN1C(=O)c2cccc(OC(F)F)c2C2CC1c1nn3ccc(-c4cnc(C5(N)CC(C)(C#N)C5)nc4)nc3c12. The Morgan fingerprint density at radius 2 is 1.95 bits per heavy atom. The summed E-state index contributed by atoms with van der Waals surface area (Å²) in [5.41, 5.74) is 9.30. The number of amides is 1. The van der Waals surface area contributed by atoms with Crippen molar-refractivity contribution in [1.29, 1.82) is 5.26 Å². The number of benzene rings is 1. The summed E-state index contributed by atoms with van der Waals surface area (Å²) in [7, 11) is 1.70. The van der Waals surface area contributed by atoms with Gasteiger partial charge in [-0.15, -0.1) is 0 Å². The van der Waals surface area contributed by atoms with Crippen LogP contribution < -0.4 is 10.5 Å². The molecule has 7 rings (SSSR count). The summed E-state index contributed by atoms with van der Waals surface area (Å²) in [6, 6.07) is 8.41. The number of carbonyl (C=O) groups is 1. The number of nitrogens with zero attached hydrogens (tertiary/aromatic N) is 7. The van der Waals surface area contributed by atoms with Gasteiger partial charge in [0.25, 0.3) is 5.91 Å². The summed E-state index contributed by atoms with van der Waals surface area (Å²) in [6.07, 6.45) is 6.55. The Hall–Kier alpha value is -4.50. The van der Waals surface area contributed by atoms with Crippen molar-refractivity contribution in [3.8, 4) is 23.1 Å². The van der Waals surface area contributed by atoms with E-state index in [2.05, 4.69) is 16.0 Å². The second-order valence-electron chi connectivity index (χ2n) is 11.2. The Morgan fingerprint density at radius 1 is 1.20 bits per heavy atom. The molecule has 1 amide bonds. The lowest BCUT2D eigenvalue weighted by molar-refractivity contribution is -0.0505. The molecule has 0 spiro atoms. The van der Waals surface area contributed by atoms with Crippen molar-refractivity contribution in [3.05, 3.63) is 71.1 Å². The second-order valence-corrected chi connectivity index (χ2v) is 11.2. The molecule has 1 aliphatic heterocycles. The van der Waals surface area contributed by atoms with E-state index in [0.717, 1.165) is 5.56 Å². The molecule has 2 aliphatic carbocycles. The fourth-order valence-corrected chi connectivity index (χ4v) is 6.68. The predicted octanol–water partition coefficient (Wildman–Crippen LogP) is 3.93. The second kappa shape index (κ2) is 8.25. The minimum absolute atomic E-state index is 0.0218. The van der Waals surface area contributed by atoms with Gasteiger partial charge in [0.2, 0.25) is 0 Å². The number of rotatable bonds is 4. The monoisotopic (exact) mass is 542 g/mol. The molecule has 1 saturated carbocycles. The van der Waals surface area contributed by atoms with E-state index >= 15 is 0 Å². The van der Waals surface area contributed by atoms with Gasteiger partial charge in [-0.2, -0.15) is 19.1 Å². The maximum atomic E-state index is 13.3. The van der Waals surface area contributed by atoms with E-state index in [4.69, 9.17) is 20.6 Å². The molecule has 4 heterocycles. The number of fused-ring (bicyclic) bond motifs is 9. The highest BCUT2D eigenvalue weighted by atomic mass is 19.3. The molecule has 4 aromatic rings. The highest BCUT2D eigenvalue weighted by Crippen LogP contribution is 2.53. The van der Waals surface area contributed by atoms with Crippen LogP contribution in [0.2, 0.25) is 0 Å². The average Bonchev–Trinajstić information content (AvgIpc) is 3.45. The fraction of sp³-hybridized carbons (Fsp3) is 0.357. The highest BCUT2D eigenvalue weighted by Gasteiger charge is 2.53. The van der Waals surface area contributed by atoms with E-state index in [1.54, 1.807) is 53.3 Å². The van der Waals surface area contributed by atoms with Gasteiger partial charge in [0.1, 0.15) is 11.6 Å². The quantitative estimate of drug-likeness (QED) is 0.410. The normalized spacial score (nSPS) is 26.7. The first kappa shape index (κ1) is 24.5. The molecule has 0 saturated heterocycles. The zero-order chi connectivity index (χ0) is 28.0. The van der Waals surface area contributed by atoms with Crippen molar-refractivity contribution in [2.45, 2.75) is 50.3 Å². The summed E-state index contributed by atoms with van der Waals surface area (Å²) in [6.45, 7) is -1.15. The zero-order valence-electron chi connectivity index (χ0n) is 21.7. The van der Waals surface area contributed by atoms with Crippen LogP contribution in [0.5, 0.6) is 5.75 Å². The van der Waals surface area contributed by atoms with Gasteiger partial charge in [-0.05, 0) is 44.4 Å². The molecule has 2 bridgehead atoms. The highest BCUT2D eigenvalue weighted by molar-refractivity contribution is 5.98. The fourth-order valence-electron chi connectivity index (χ4n) is 6.68. The molecule has 12 heteroatoms. The third-order valence-electron chi connectivity index (χ3n) is 8.40. The summed E-state index contributed by atoms with van der Waals surface area (Å²) in [4.78, 5) is 28.8. The lowest BCUT2D eigenvalue weighted by Crippen LogP contribution is -2.54. The van der Waals surface area contributed by atoms with Gasteiger partial charge in [0, 0.05) is 53.8 Å². The van der Waals surface area contributed by atoms with Gasteiger partial charge in [-0.1, -0.05) is 6.07 Å². The first-order valence-corrected chi connectivity index (χ1v) is 12.9. The maximum Gasteiger partial charge on any atom is 0.387 e. The van der Waals surface area contributed by atoms with Crippen LogP contribution in [0.1, 0.15) is 71.1 Å². The van der Waals surface area contributed by atoms with E-state index in [9.17, 15) is 18.8 Å². The largest absolute Gasteiger partial charge is 0.434 e. The number of carbonyl (C=O) groups excluding carboxylic acids is 1. The number of nitrogens with two attached hydrogens (primary N) is 1. The first-order chi connectivity index (χ1) is 19.1. The molecule has 202 valence electrons. The maximum absolute atomic E-state index is 13.3. The zero-order valence-corrected chi connectivity index (χ0v) is 21.7. The Morgan fingerprint density at radius 3 is 2.65 bits per heavy atom. The van der Waals surface area contributed by atoms with Gasteiger partial charge in [-0.25, -0.2) is 19.5 Å². The smallest absolute Gasteiger partial charge is 0.387 e. The third kappa shape index (κ3) is 3.43. The molecule has 40 heavy (non-hydrogen) atoms. The van der Waals surface area contributed by atoms with E-state index in [-0.39, 0.29) is 17.7 Å². The molecule has 1 aromatic carbocycles. The minimum Gasteiger partial charge on any atom is -0.434 e. The molecule has 10 nitrogen and oxygen atoms in total. The van der Waals surface area contributed by atoms with Crippen molar-refractivity contribution in [2.75, 3.05) is 7.05 Å². The number of halogens is 2. The number of hydrogen-bond acceptors (Lipinski definition) is 8. The third-order valence-corrected chi connectivity index (χ3v) is 8.40. The molecular weight excluding hydrogens is 518 g/mol. The topological polar surface area (TPSA) is 135 Å². The van der Waals surface area contributed by atoms with Crippen molar-refractivity contribution >= 4 is 11.6 Å². The molecule has 3 aliphatic rings. The van der Waals surface area contributed by atoms with Gasteiger partial charge in [0.15, 0.2) is 5.65 Å². The summed E-state index contributed by atoms with van der Waals surface area (Å²) in [5, 5.41) is 14.1. The Kier molecular flexibility index (Phi) is 5.06. The molecule has 2 unspecified atom stereocenters. The van der Waals surface area contributed by atoms with E-state index in [0.29, 0.717) is 58.8 Å². The minimum atomic E-state index is -3.03. The summed E-state index contributed by atoms with van der Waals surface area (Å²) < 4.78 is 33.2. The van der Waals surface area contributed by atoms with Crippen molar-refractivity contribution in [3.63, 3.8) is 0 Å². The average molecular weight is 543 g/mol. The van der Waals surface area contributed by atoms with Crippen LogP contribution in [0, 0.1) is 16.7 Å². The van der Waals surface area contributed by atoms with E-state index in [1.165, 1.54) is 6.07 Å². The summed E-state index contributed by atoms with van der Waals surface area (Å²) in [5.74, 6) is -0.222. The molecule has 0 radical (unpaired) electrons. The number of hydrogen-bond donors (Lipinski definition) is 1. The summed E-state index contributed by atoms with van der Waals surface area (Å²) >= 11 is 0. The predicted molar refractivity (Wildman–Crippen MR) is 137 cm³/mol. The van der Waals surface area contributed by atoms with Crippen LogP contribution in [0.4, 0.5) is 8.78 Å².